The smallest absolute Gasteiger partial charge is 0.164 e. The Morgan fingerprint density at radius 3 is 1.60 bits per heavy atom. The molecule has 3 aromatic heterocycles. The van der Waals surface area contributed by atoms with Crippen molar-refractivity contribution in [3.8, 4) is 56.4 Å². The number of fused-ring (bicyclic) bond motifs is 8. The maximum Gasteiger partial charge on any atom is 0.164 e. The Hall–Kier alpha value is -7.89. The van der Waals surface area contributed by atoms with Crippen LogP contribution in [-0.4, -0.2) is 15.0 Å². The summed E-state index contributed by atoms with van der Waals surface area (Å²) in [6, 6.07) is 65.1. The van der Waals surface area contributed by atoms with Crippen molar-refractivity contribution in [3.05, 3.63) is 188 Å². The van der Waals surface area contributed by atoms with Gasteiger partial charge in [0.2, 0.25) is 0 Å². The molecule has 12 aromatic rings. The minimum atomic E-state index is 0.565. The summed E-state index contributed by atoms with van der Waals surface area (Å²) in [5.74, 6) is 1.73. The second-order valence-corrected chi connectivity index (χ2v) is 14.7. The van der Waals surface area contributed by atoms with E-state index in [1.807, 2.05) is 36.4 Å². The average Bonchev–Trinajstić information content (AvgIpc) is 3.86. The van der Waals surface area contributed by atoms with Crippen molar-refractivity contribution < 1.29 is 8.83 Å². The molecule has 0 saturated heterocycles. The van der Waals surface area contributed by atoms with Crippen LogP contribution in [0.2, 0.25) is 0 Å². The van der Waals surface area contributed by atoms with E-state index >= 15 is 0 Å². The highest BCUT2D eigenvalue weighted by molar-refractivity contribution is 6.16. The van der Waals surface area contributed by atoms with Gasteiger partial charge in [-0.1, -0.05) is 133 Å². The molecular formula is C53H31N3O2. The molecule has 0 bridgehead atoms. The summed E-state index contributed by atoms with van der Waals surface area (Å²) in [7, 11) is 0. The standard InChI is InChI=1S/C53H31N3O2/c1-3-13-32(14-4-1)37-24-26-41(40-20-10-9-19-39(37)40)52-54-51(36-23-28-47-44(30-36)45-29-34-17-7-8-18-35(34)31-48(45)57-47)55-53(56-52)43-27-25-38(33-15-5-2-6-16-33)50-49(43)42-21-11-12-22-46(42)58-50/h1-31H. The van der Waals surface area contributed by atoms with Crippen LogP contribution in [0.4, 0.5) is 0 Å². The third-order valence-corrected chi connectivity index (χ3v) is 11.3. The zero-order valence-corrected chi connectivity index (χ0v) is 31.1. The lowest BCUT2D eigenvalue weighted by molar-refractivity contribution is 0.669. The molecule has 3 heterocycles. The largest absolute Gasteiger partial charge is 0.456 e. The van der Waals surface area contributed by atoms with Gasteiger partial charge in [0.05, 0.1) is 0 Å². The average molecular weight is 742 g/mol. The summed E-state index contributed by atoms with van der Waals surface area (Å²) in [4.78, 5) is 15.9. The molecule has 0 aliphatic heterocycles. The van der Waals surface area contributed by atoms with Crippen molar-refractivity contribution in [3.63, 3.8) is 0 Å². The van der Waals surface area contributed by atoms with Gasteiger partial charge < -0.3 is 8.83 Å². The molecule has 0 aliphatic carbocycles. The van der Waals surface area contributed by atoms with Crippen molar-refractivity contribution in [1.29, 1.82) is 0 Å². The molecule has 5 nitrogen and oxygen atoms in total. The Morgan fingerprint density at radius 2 is 0.828 bits per heavy atom. The van der Waals surface area contributed by atoms with E-state index < -0.39 is 0 Å². The van der Waals surface area contributed by atoms with E-state index in [4.69, 9.17) is 23.8 Å². The summed E-state index contributed by atoms with van der Waals surface area (Å²) in [6.07, 6.45) is 0. The normalized spacial score (nSPS) is 11.8. The maximum atomic E-state index is 6.67. The highest BCUT2D eigenvalue weighted by atomic mass is 16.3. The molecule has 270 valence electrons. The zero-order valence-electron chi connectivity index (χ0n) is 31.1. The minimum Gasteiger partial charge on any atom is -0.456 e. The van der Waals surface area contributed by atoms with Crippen LogP contribution in [-0.2, 0) is 0 Å². The Balaban J connectivity index is 1.13. The first-order valence-corrected chi connectivity index (χ1v) is 19.4. The van der Waals surface area contributed by atoms with Gasteiger partial charge in [-0.2, -0.15) is 0 Å². The topological polar surface area (TPSA) is 65.0 Å². The number of hydrogen-bond acceptors (Lipinski definition) is 5. The molecule has 0 N–H and O–H groups in total. The summed E-state index contributed by atoms with van der Waals surface area (Å²) in [5, 5.41) is 8.52. The first kappa shape index (κ1) is 32.4. The lowest BCUT2D eigenvalue weighted by atomic mass is 9.94. The molecule has 0 saturated carbocycles. The summed E-state index contributed by atoms with van der Waals surface area (Å²) in [5.41, 5.74) is 10.3. The van der Waals surface area contributed by atoms with Crippen molar-refractivity contribution in [2.45, 2.75) is 0 Å². The quantitative estimate of drug-likeness (QED) is 0.176. The van der Waals surface area contributed by atoms with E-state index in [1.54, 1.807) is 0 Å². The second-order valence-electron chi connectivity index (χ2n) is 14.7. The van der Waals surface area contributed by atoms with Gasteiger partial charge in [0.25, 0.3) is 0 Å². The van der Waals surface area contributed by atoms with E-state index in [0.29, 0.717) is 17.5 Å². The third kappa shape index (κ3) is 5.14. The van der Waals surface area contributed by atoms with Crippen molar-refractivity contribution in [1.82, 2.24) is 15.0 Å². The molecular weight excluding hydrogens is 711 g/mol. The van der Waals surface area contributed by atoms with E-state index in [1.165, 1.54) is 0 Å². The van der Waals surface area contributed by atoms with Gasteiger partial charge in [-0.05, 0) is 92.8 Å². The molecule has 0 fully saturated rings. The van der Waals surface area contributed by atoms with Crippen molar-refractivity contribution in [2.75, 3.05) is 0 Å². The van der Waals surface area contributed by atoms with E-state index in [0.717, 1.165) is 104 Å². The first-order chi connectivity index (χ1) is 28.7. The minimum absolute atomic E-state index is 0.565. The van der Waals surface area contributed by atoms with Gasteiger partial charge in [-0.15, -0.1) is 0 Å². The van der Waals surface area contributed by atoms with E-state index in [2.05, 4.69) is 152 Å². The number of rotatable bonds is 5. The van der Waals surface area contributed by atoms with Gasteiger partial charge in [0.1, 0.15) is 22.3 Å². The lowest BCUT2D eigenvalue weighted by Gasteiger charge is -2.14. The van der Waals surface area contributed by atoms with Gasteiger partial charge >= 0.3 is 0 Å². The summed E-state index contributed by atoms with van der Waals surface area (Å²) in [6.45, 7) is 0. The molecule has 12 rings (SSSR count). The fourth-order valence-corrected chi connectivity index (χ4v) is 8.57. The maximum absolute atomic E-state index is 6.67. The Morgan fingerprint density at radius 1 is 0.293 bits per heavy atom. The van der Waals surface area contributed by atoms with Crippen LogP contribution in [0.1, 0.15) is 0 Å². The van der Waals surface area contributed by atoms with Crippen LogP contribution >= 0.6 is 0 Å². The predicted octanol–water partition coefficient (Wildman–Crippen LogP) is 14.3. The monoisotopic (exact) mass is 741 g/mol. The zero-order chi connectivity index (χ0) is 38.2. The van der Waals surface area contributed by atoms with E-state index in [9.17, 15) is 0 Å². The van der Waals surface area contributed by atoms with Crippen LogP contribution in [0.25, 0.3) is 122 Å². The van der Waals surface area contributed by atoms with Gasteiger partial charge in [0, 0.05) is 43.8 Å². The molecule has 58 heavy (non-hydrogen) atoms. The number of nitrogens with zero attached hydrogens (tertiary/aromatic N) is 3. The molecule has 9 aromatic carbocycles. The number of hydrogen-bond donors (Lipinski definition) is 0. The second kappa shape index (κ2) is 12.8. The van der Waals surface area contributed by atoms with Crippen molar-refractivity contribution in [2.24, 2.45) is 0 Å². The predicted molar refractivity (Wildman–Crippen MR) is 237 cm³/mol. The summed E-state index contributed by atoms with van der Waals surface area (Å²) < 4.78 is 13.1. The first-order valence-electron chi connectivity index (χ1n) is 19.4. The fourth-order valence-electron chi connectivity index (χ4n) is 8.57. The van der Waals surface area contributed by atoms with E-state index in [-0.39, 0.29) is 0 Å². The van der Waals surface area contributed by atoms with Crippen LogP contribution in [0.15, 0.2) is 197 Å². The highest BCUT2D eigenvalue weighted by Crippen LogP contribution is 2.43. The Labute approximate surface area is 332 Å². The number of furan rings is 2. The third-order valence-electron chi connectivity index (χ3n) is 11.3. The molecule has 0 atom stereocenters. The molecule has 0 spiro atoms. The van der Waals surface area contributed by atoms with Gasteiger partial charge in [-0.3, -0.25) is 0 Å². The Kier molecular flexibility index (Phi) is 7.16. The molecule has 0 aliphatic rings. The molecule has 0 unspecified atom stereocenters. The number of para-hydroxylation sites is 1. The van der Waals surface area contributed by atoms with Crippen molar-refractivity contribution >= 4 is 65.4 Å². The molecule has 0 radical (unpaired) electrons. The van der Waals surface area contributed by atoms with Crippen LogP contribution in [0.3, 0.4) is 0 Å². The van der Waals surface area contributed by atoms with Crippen LogP contribution < -0.4 is 0 Å². The fraction of sp³-hybridized carbons (Fsp3) is 0. The lowest BCUT2D eigenvalue weighted by Crippen LogP contribution is -2.01. The van der Waals surface area contributed by atoms with Crippen LogP contribution in [0.5, 0.6) is 0 Å². The summed E-state index contributed by atoms with van der Waals surface area (Å²) >= 11 is 0. The molecule has 0 amide bonds. The number of aromatic nitrogens is 3. The van der Waals surface area contributed by atoms with Gasteiger partial charge in [-0.25, -0.2) is 15.0 Å². The number of benzene rings is 9. The molecule has 5 heteroatoms. The van der Waals surface area contributed by atoms with Gasteiger partial charge in [0.15, 0.2) is 17.5 Å². The highest BCUT2D eigenvalue weighted by Gasteiger charge is 2.22. The van der Waals surface area contributed by atoms with Crippen LogP contribution in [0, 0.1) is 0 Å². The SMILES string of the molecule is c1ccc(-c2ccc(-c3nc(-c4ccc5oc6cc7ccccc7cc6c5c4)nc(-c4ccc(-c5ccccc5)c5oc6ccccc6c45)n3)c3ccccc23)cc1. The Bertz CT molecular complexity index is 3570.